The molecule has 5 nitrogen and oxygen atoms in total. The molecule has 2 aromatic carbocycles. The van der Waals surface area contributed by atoms with Gasteiger partial charge >= 0.3 is 5.97 Å². The van der Waals surface area contributed by atoms with Crippen molar-refractivity contribution in [2.24, 2.45) is 5.92 Å². The van der Waals surface area contributed by atoms with Crippen LogP contribution in [0.3, 0.4) is 0 Å². The number of carboxylic acid groups (broad SMARTS) is 1. The summed E-state index contributed by atoms with van der Waals surface area (Å²) in [6.45, 7) is 3.93. The zero-order chi connectivity index (χ0) is 23.1. The van der Waals surface area contributed by atoms with E-state index in [1.165, 1.54) is 0 Å². The number of carbonyl (C=O) groups is 2. The second kappa shape index (κ2) is 8.69. The van der Waals surface area contributed by atoms with Gasteiger partial charge in [-0.25, -0.2) is 0 Å². The van der Waals surface area contributed by atoms with Crippen molar-refractivity contribution in [3.8, 4) is 0 Å². The Morgan fingerprint density at radius 2 is 1.72 bits per heavy atom. The number of hydrogen-bond acceptors (Lipinski definition) is 3. The van der Waals surface area contributed by atoms with Crippen LogP contribution < -0.4 is 0 Å². The first kappa shape index (κ1) is 23.1. The molecule has 1 N–H and O–H groups in total. The van der Waals surface area contributed by atoms with Gasteiger partial charge in [0, 0.05) is 33.6 Å². The number of likely N-dealkylation sites (tertiary alicyclic amines) is 1. The quantitative estimate of drug-likeness (QED) is 0.652. The van der Waals surface area contributed by atoms with E-state index in [4.69, 9.17) is 23.2 Å². The maximum Gasteiger partial charge on any atom is 0.314 e. The lowest BCUT2D eigenvalue weighted by atomic mass is 9.79. The fourth-order valence-electron chi connectivity index (χ4n) is 5.35. The number of aliphatic carboxylic acids is 1. The zero-order valence-corrected chi connectivity index (χ0v) is 19.9. The van der Waals surface area contributed by atoms with Crippen LogP contribution in [0.4, 0.5) is 0 Å². The number of rotatable bonds is 6. The summed E-state index contributed by atoms with van der Waals surface area (Å²) in [6.07, 6.45) is 2.22. The number of halogens is 2. The molecule has 170 valence electrons. The topological polar surface area (TPSA) is 60.9 Å². The number of benzene rings is 2. The van der Waals surface area contributed by atoms with Crippen LogP contribution in [0, 0.1) is 5.92 Å². The van der Waals surface area contributed by atoms with Gasteiger partial charge in [0.25, 0.3) is 0 Å². The molecule has 2 unspecified atom stereocenters. The average molecular weight is 475 g/mol. The van der Waals surface area contributed by atoms with Crippen LogP contribution in [-0.2, 0) is 20.5 Å². The Morgan fingerprint density at radius 3 is 2.28 bits per heavy atom. The number of amides is 1. The number of hydrogen-bond donors (Lipinski definition) is 1. The van der Waals surface area contributed by atoms with Crippen molar-refractivity contribution in [1.82, 2.24) is 9.80 Å². The molecule has 2 atom stereocenters. The second-order valence-corrected chi connectivity index (χ2v) is 9.90. The molecule has 1 aliphatic heterocycles. The van der Waals surface area contributed by atoms with Gasteiger partial charge in [-0.15, -0.1) is 0 Å². The fourth-order valence-corrected chi connectivity index (χ4v) is 5.65. The van der Waals surface area contributed by atoms with Gasteiger partial charge in [0.05, 0.1) is 21.0 Å². The van der Waals surface area contributed by atoms with Crippen LogP contribution in [0.5, 0.6) is 0 Å². The van der Waals surface area contributed by atoms with Crippen molar-refractivity contribution >= 4 is 35.1 Å². The van der Waals surface area contributed by atoms with Crippen LogP contribution in [0.15, 0.2) is 48.5 Å². The molecular formula is C25H28Cl2N2O3. The first-order valence-corrected chi connectivity index (χ1v) is 11.7. The van der Waals surface area contributed by atoms with Crippen molar-refractivity contribution in [2.45, 2.75) is 37.1 Å². The van der Waals surface area contributed by atoms with Crippen molar-refractivity contribution in [2.75, 3.05) is 26.7 Å². The Bertz CT molecular complexity index is 1020. The lowest BCUT2D eigenvalue weighted by Gasteiger charge is -2.47. The van der Waals surface area contributed by atoms with Crippen LogP contribution in [0.2, 0.25) is 10.0 Å². The Kier molecular flexibility index (Phi) is 6.27. The van der Waals surface area contributed by atoms with Gasteiger partial charge in [0.15, 0.2) is 0 Å². The Morgan fingerprint density at radius 1 is 1.06 bits per heavy atom. The molecule has 1 aliphatic carbocycles. The van der Waals surface area contributed by atoms with E-state index < -0.39 is 11.4 Å². The lowest BCUT2D eigenvalue weighted by Crippen LogP contribution is -2.53. The third kappa shape index (κ3) is 3.91. The smallest absolute Gasteiger partial charge is 0.314 e. The van der Waals surface area contributed by atoms with E-state index in [-0.39, 0.29) is 17.4 Å². The molecule has 0 radical (unpaired) electrons. The summed E-state index contributed by atoms with van der Waals surface area (Å²) in [5, 5.41) is 10.9. The Labute approximate surface area is 198 Å². The fraction of sp³-hybridized carbons (Fsp3) is 0.440. The second-order valence-electron chi connectivity index (χ2n) is 9.08. The van der Waals surface area contributed by atoms with Gasteiger partial charge in [-0.05, 0) is 48.4 Å². The van der Waals surface area contributed by atoms with Crippen LogP contribution >= 0.6 is 23.2 Å². The largest absolute Gasteiger partial charge is 0.481 e. The van der Waals surface area contributed by atoms with E-state index in [0.29, 0.717) is 23.0 Å². The molecule has 0 bridgehead atoms. The van der Waals surface area contributed by atoms with E-state index in [2.05, 4.69) is 17.0 Å². The summed E-state index contributed by atoms with van der Waals surface area (Å²) < 4.78 is 0. The molecule has 2 aliphatic rings. The van der Waals surface area contributed by atoms with Gasteiger partial charge in [0.2, 0.25) is 5.91 Å². The number of carbonyl (C=O) groups excluding carboxylic acids is 1. The molecule has 2 aromatic rings. The molecule has 2 fully saturated rings. The summed E-state index contributed by atoms with van der Waals surface area (Å²) in [5.41, 5.74) is 0.634. The Hall–Kier alpha value is -2.08. The molecule has 32 heavy (non-hydrogen) atoms. The zero-order valence-electron chi connectivity index (χ0n) is 18.4. The van der Waals surface area contributed by atoms with Gasteiger partial charge in [-0.1, -0.05) is 59.6 Å². The van der Waals surface area contributed by atoms with Gasteiger partial charge in [-0.3, -0.25) is 9.59 Å². The summed E-state index contributed by atoms with van der Waals surface area (Å²) >= 11 is 12.2. The van der Waals surface area contributed by atoms with Crippen molar-refractivity contribution in [3.05, 3.63) is 69.7 Å². The predicted molar refractivity (Wildman–Crippen MR) is 126 cm³/mol. The molecule has 1 saturated heterocycles. The molecular weight excluding hydrogens is 447 g/mol. The van der Waals surface area contributed by atoms with E-state index in [1.807, 2.05) is 30.1 Å². The summed E-state index contributed by atoms with van der Waals surface area (Å²) in [4.78, 5) is 28.7. The SMILES string of the molecule is CC(=O)N(C)C1(c2ccccc2)CCN(CC2CC2(C(=O)O)c2ccc(Cl)c(Cl)c2)CC1. The summed E-state index contributed by atoms with van der Waals surface area (Å²) in [7, 11) is 1.88. The summed E-state index contributed by atoms with van der Waals surface area (Å²) in [6, 6.07) is 15.3. The lowest BCUT2D eigenvalue weighted by molar-refractivity contribution is -0.141. The minimum absolute atomic E-state index is 0.0204. The first-order chi connectivity index (χ1) is 15.2. The van der Waals surface area contributed by atoms with E-state index >= 15 is 0 Å². The van der Waals surface area contributed by atoms with Crippen LogP contribution in [-0.4, -0.2) is 53.5 Å². The van der Waals surface area contributed by atoms with E-state index in [0.717, 1.165) is 37.1 Å². The highest BCUT2D eigenvalue weighted by molar-refractivity contribution is 6.42. The minimum atomic E-state index is -0.904. The van der Waals surface area contributed by atoms with E-state index in [9.17, 15) is 14.7 Å². The molecule has 0 aromatic heterocycles. The highest BCUT2D eigenvalue weighted by Crippen LogP contribution is 2.56. The molecule has 1 amide bonds. The number of nitrogens with zero attached hydrogens (tertiary/aromatic N) is 2. The highest BCUT2D eigenvalue weighted by atomic mass is 35.5. The molecule has 4 rings (SSSR count). The van der Waals surface area contributed by atoms with Gasteiger partial charge in [-0.2, -0.15) is 0 Å². The Balaban J connectivity index is 1.49. The molecule has 0 spiro atoms. The first-order valence-electron chi connectivity index (χ1n) is 10.9. The normalized spacial score (nSPS) is 24.7. The third-order valence-corrected chi connectivity index (χ3v) is 8.25. The van der Waals surface area contributed by atoms with Crippen LogP contribution in [0.25, 0.3) is 0 Å². The monoisotopic (exact) mass is 474 g/mol. The average Bonchev–Trinajstić information content (AvgIpc) is 3.51. The maximum atomic E-state index is 12.3. The number of piperidine rings is 1. The standard InChI is InChI=1S/C25H28Cl2N2O3/c1-17(30)28(2)24(18-6-4-3-5-7-18)10-12-29(13-11-24)16-20-15-25(20,23(31)32)19-8-9-21(26)22(27)14-19/h3-9,14,20H,10-13,15-16H2,1-2H3,(H,31,32). The summed E-state index contributed by atoms with van der Waals surface area (Å²) in [5.74, 6) is -0.742. The highest BCUT2D eigenvalue weighted by Gasteiger charge is 2.62. The molecule has 7 heteroatoms. The van der Waals surface area contributed by atoms with Gasteiger partial charge < -0.3 is 14.9 Å². The molecule has 1 heterocycles. The number of carboxylic acids is 1. The van der Waals surface area contributed by atoms with Crippen molar-refractivity contribution < 1.29 is 14.7 Å². The van der Waals surface area contributed by atoms with Crippen molar-refractivity contribution in [1.29, 1.82) is 0 Å². The maximum absolute atomic E-state index is 12.3. The third-order valence-electron chi connectivity index (χ3n) is 7.51. The van der Waals surface area contributed by atoms with Crippen LogP contribution in [0.1, 0.15) is 37.3 Å². The van der Waals surface area contributed by atoms with Crippen molar-refractivity contribution in [3.63, 3.8) is 0 Å². The predicted octanol–water partition coefficient (Wildman–Crippen LogP) is 4.81. The van der Waals surface area contributed by atoms with E-state index in [1.54, 1.807) is 25.1 Å². The molecule has 1 saturated carbocycles. The van der Waals surface area contributed by atoms with Gasteiger partial charge in [0.1, 0.15) is 0 Å². The minimum Gasteiger partial charge on any atom is -0.481 e.